The van der Waals surface area contributed by atoms with Crippen LogP contribution in [0.25, 0.3) is 0 Å². The molecule has 0 spiro atoms. The molecule has 5 nitrogen and oxygen atoms in total. The zero-order valence-corrected chi connectivity index (χ0v) is 11.5. The molecule has 1 aliphatic rings. The van der Waals surface area contributed by atoms with Gasteiger partial charge in [0.25, 0.3) is 5.91 Å². The van der Waals surface area contributed by atoms with E-state index in [1.807, 2.05) is 6.92 Å². The number of hydrogen-bond donors (Lipinski definition) is 2. The first-order valence-electron chi connectivity index (χ1n) is 6.82. The third kappa shape index (κ3) is 3.67. The fourth-order valence-corrected chi connectivity index (χ4v) is 2.15. The maximum absolute atomic E-state index is 11.7. The minimum Gasteiger partial charge on any atom is -0.489 e. The summed E-state index contributed by atoms with van der Waals surface area (Å²) in [5.74, 6) is 1.06. The number of aromatic nitrogens is 1. The van der Waals surface area contributed by atoms with Gasteiger partial charge >= 0.3 is 0 Å². The average Bonchev–Trinajstić information content (AvgIpc) is 2.42. The highest BCUT2D eigenvalue weighted by atomic mass is 16.5. The minimum atomic E-state index is -0.164. The van der Waals surface area contributed by atoms with Gasteiger partial charge in [0.2, 0.25) is 0 Å². The van der Waals surface area contributed by atoms with Gasteiger partial charge in [0.15, 0.2) is 0 Å². The van der Waals surface area contributed by atoms with Crippen molar-refractivity contribution in [2.45, 2.75) is 26.4 Å². The maximum atomic E-state index is 11.7. The Bertz CT molecular complexity index is 436. The highest BCUT2D eigenvalue weighted by molar-refractivity contribution is 5.92. The summed E-state index contributed by atoms with van der Waals surface area (Å²) in [6.45, 7) is 6.56. The van der Waals surface area contributed by atoms with E-state index in [4.69, 9.17) is 4.74 Å². The summed E-state index contributed by atoms with van der Waals surface area (Å²) in [4.78, 5) is 15.8. The Hall–Kier alpha value is -1.62. The van der Waals surface area contributed by atoms with Gasteiger partial charge in [-0.1, -0.05) is 6.92 Å². The van der Waals surface area contributed by atoms with Crippen molar-refractivity contribution in [3.05, 3.63) is 24.0 Å². The van der Waals surface area contributed by atoms with Gasteiger partial charge in [-0.15, -0.1) is 0 Å². The first-order valence-corrected chi connectivity index (χ1v) is 6.82. The Labute approximate surface area is 113 Å². The van der Waals surface area contributed by atoms with Crippen molar-refractivity contribution >= 4 is 5.91 Å². The van der Waals surface area contributed by atoms with E-state index in [2.05, 4.69) is 22.5 Å². The van der Waals surface area contributed by atoms with Crippen LogP contribution in [0.2, 0.25) is 0 Å². The lowest BCUT2D eigenvalue weighted by Gasteiger charge is -2.30. The lowest BCUT2D eigenvalue weighted by molar-refractivity contribution is 0.0947. The Morgan fingerprint density at radius 1 is 1.63 bits per heavy atom. The largest absolute Gasteiger partial charge is 0.489 e. The van der Waals surface area contributed by atoms with Crippen molar-refractivity contribution in [2.75, 3.05) is 19.6 Å². The second-order valence-corrected chi connectivity index (χ2v) is 4.86. The van der Waals surface area contributed by atoms with Gasteiger partial charge in [-0.3, -0.25) is 9.78 Å². The number of rotatable bonds is 4. The number of amides is 1. The Morgan fingerprint density at radius 3 is 3.21 bits per heavy atom. The third-order valence-corrected chi connectivity index (χ3v) is 3.35. The Kier molecular flexibility index (Phi) is 4.74. The summed E-state index contributed by atoms with van der Waals surface area (Å²) in [6.07, 6.45) is 2.87. The summed E-state index contributed by atoms with van der Waals surface area (Å²) in [6, 6.07) is 3.50. The van der Waals surface area contributed by atoms with Crippen LogP contribution in [0.4, 0.5) is 0 Å². The van der Waals surface area contributed by atoms with Gasteiger partial charge in [-0.2, -0.15) is 0 Å². The van der Waals surface area contributed by atoms with E-state index >= 15 is 0 Å². The maximum Gasteiger partial charge on any atom is 0.270 e. The molecule has 2 atom stereocenters. The predicted molar refractivity (Wildman–Crippen MR) is 73.3 cm³/mol. The van der Waals surface area contributed by atoms with E-state index in [1.54, 1.807) is 18.3 Å². The summed E-state index contributed by atoms with van der Waals surface area (Å²) < 4.78 is 5.95. The topological polar surface area (TPSA) is 63.2 Å². The van der Waals surface area contributed by atoms with Crippen LogP contribution in [0.15, 0.2) is 18.3 Å². The van der Waals surface area contributed by atoms with Crippen LogP contribution in [0.5, 0.6) is 5.75 Å². The summed E-state index contributed by atoms with van der Waals surface area (Å²) in [7, 11) is 0. The van der Waals surface area contributed by atoms with Crippen LogP contribution < -0.4 is 15.4 Å². The Morgan fingerprint density at radius 2 is 2.47 bits per heavy atom. The molecule has 19 heavy (non-hydrogen) atoms. The van der Waals surface area contributed by atoms with Gasteiger partial charge in [-0.25, -0.2) is 0 Å². The van der Waals surface area contributed by atoms with Crippen molar-refractivity contribution in [2.24, 2.45) is 5.92 Å². The highest BCUT2D eigenvalue weighted by Gasteiger charge is 2.22. The molecule has 1 aliphatic heterocycles. The van der Waals surface area contributed by atoms with Crippen molar-refractivity contribution in [3.63, 3.8) is 0 Å². The van der Waals surface area contributed by atoms with Gasteiger partial charge in [0, 0.05) is 25.4 Å². The lowest BCUT2D eigenvalue weighted by Crippen LogP contribution is -2.42. The number of hydrogen-bond acceptors (Lipinski definition) is 4. The number of ether oxygens (including phenoxy) is 1. The van der Waals surface area contributed by atoms with Crippen molar-refractivity contribution in [3.8, 4) is 5.75 Å². The SMILES string of the molecule is CCNC(=O)c1cc(OC2CNCCC2C)ccn1. The number of nitrogens with one attached hydrogen (secondary N) is 2. The summed E-state index contributed by atoms with van der Waals surface area (Å²) in [5.41, 5.74) is 0.399. The zero-order chi connectivity index (χ0) is 13.7. The predicted octanol–water partition coefficient (Wildman–Crippen LogP) is 1.21. The van der Waals surface area contributed by atoms with Crippen LogP contribution in [0, 0.1) is 5.92 Å². The molecule has 1 aromatic rings. The van der Waals surface area contributed by atoms with Crippen molar-refractivity contribution in [1.29, 1.82) is 0 Å². The monoisotopic (exact) mass is 263 g/mol. The van der Waals surface area contributed by atoms with Crippen LogP contribution >= 0.6 is 0 Å². The van der Waals surface area contributed by atoms with Crippen molar-refractivity contribution < 1.29 is 9.53 Å². The molecule has 0 aromatic carbocycles. The summed E-state index contributed by atoms with van der Waals surface area (Å²) in [5, 5.41) is 6.06. The number of piperidine rings is 1. The molecule has 2 unspecified atom stereocenters. The fourth-order valence-electron chi connectivity index (χ4n) is 2.15. The normalized spacial score (nSPS) is 22.8. The molecule has 2 rings (SSSR count). The second-order valence-electron chi connectivity index (χ2n) is 4.86. The molecule has 1 aromatic heterocycles. The van der Waals surface area contributed by atoms with Crippen LogP contribution in [-0.2, 0) is 0 Å². The fraction of sp³-hybridized carbons (Fsp3) is 0.571. The van der Waals surface area contributed by atoms with Gasteiger partial charge in [-0.05, 0) is 31.9 Å². The minimum absolute atomic E-state index is 0.151. The molecule has 5 heteroatoms. The number of pyridine rings is 1. The number of nitrogens with zero attached hydrogens (tertiary/aromatic N) is 1. The molecule has 1 saturated heterocycles. The quantitative estimate of drug-likeness (QED) is 0.857. The van der Waals surface area contributed by atoms with E-state index in [0.29, 0.717) is 23.9 Å². The van der Waals surface area contributed by atoms with E-state index in [9.17, 15) is 4.79 Å². The molecule has 1 amide bonds. The first kappa shape index (κ1) is 13.8. The second kappa shape index (κ2) is 6.52. The molecule has 0 aliphatic carbocycles. The third-order valence-electron chi connectivity index (χ3n) is 3.35. The highest BCUT2D eigenvalue weighted by Crippen LogP contribution is 2.19. The molecule has 104 valence electrons. The molecule has 2 N–H and O–H groups in total. The number of carbonyl (C=O) groups excluding carboxylic acids is 1. The lowest BCUT2D eigenvalue weighted by atomic mass is 9.97. The Balaban J connectivity index is 2.04. The standard InChI is InChI=1S/C14H21N3O2/c1-3-16-14(18)12-8-11(5-7-17-12)19-13-9-15-6-4-10(13)2/h5,7-8,10,13,15H,3-4,6,9H2,1-2H3,(H,16,18). The van der Waals surface area contributed by atoms with Gasteiger partial charge in [0.05, 0.1) is 0 Å². The van der Waals surface area contributed by atoms with E-state index in [0.717, 1.165) is 19.5 Å². The molecular weight excluding hydrogens is 242 g/mol. The summed E-state index contributed by atoms with van der Waals surface area (Å²) >= 11 is 0. The first-order chi connectivity index (χ1) is 9.20. The number of carbonyl (C=O) groups is 1. The van der Waals surface area contributed by atoms with E-state index < -0.39 is 0 Å². The molecule has 0 radical (unpaired) electrons. The van der Waals surface area contributed by atoms with Crippen LogP contribution in [0.3, 0.4) is 0 Å². The molecular formula is C14H21N3O2. The van der Waals surface area contributed by atoms with E-state index in [-0.39, 0.29) is 12.0 Å². The van der Waals surface area contributed by atoms with Crippen LogP contribution in [-0.4, -0.2) is 36.6 Å². The van der Waals surface area contributed by atoms with Crippen molar-refractivity contribution in [1.82, 2.24) is 15.6 Å². The molecule has 0 bridgehead atoms. The average molecular weight is 263 g/mol. The zero-order valence-electron chi connectivity index (χ0n) is 11.5. The van der Waals surface area contributed by atoms with Gasteiger partial charge < -0.3 is 15.4 Å². The molecule has 1 fully saturated rings. The molecule has 0 saturated carbocycles. The van der Waals surface area contributed by atoms with Crippen LogP contribution in [0.1, 0.15) is 30.8 Å². The van der Waals surface area contributed by atoms with E-state index in [1.165, 1.54) is 0 Å². The van der Waals surface area contributed by atoms with Gasteiger partial charge in [0.1, 0.15) is 17.5 Å². The molecule has 2 heterocycles. The smallest absolute Gasteiger partial charge is 0.270 e.